The smallest absolute Gasteiger partial charge is 0.249 e. The summed E-state index contributed by atoms with van der Waals surface area (Å²) in [5.74, 6) is -0.406. The van der Waals surface area contributed by atoms with E-state index in [0.717, 1.165) is 34.8 Å². The number of amides is 1. The minimum Gasteiger partial charge on any atom is -0.366 e. The third-order valence-corrected chi connectivity index (χ3v) is 5.43. The number of aryl methyl sites for hydroxylation is 1. The Labute approximate surface area is 165 Å². The Morgan fingerprint density at radius 3 is 2.65 bits per heavy atom. The SMILES string of the molecule is CCc1c[c]c2c3c(C(N)=O)cccc3n(Cc3cccc(I)c3)c2c1. The zero-order chi connectivity index (χ0) is 18.3. The molecule has 0 aliphatic rings. The van der Waals surface area contributed by atoms with Gasteiger partial charge in [0.15, 0.2) is 0 Å². The maximum Gasteiger partial charge on any atom is 0.249 e. The number of halogens is 1. The number of aromatic nitrogens is 1. The fourth-order valence-electron chi connectivity index (χ4n) is 3.50. The molecule has 26 heavy (non-hydrogen) atoms. The van der Waals surface area contributed by atoms with Crippen LogP contribution in [0.5, 0.6) is 0 Å². The molecule has 0 saturated carbocycles. The molecule has 4 aromatic rings. The van der Waals surface area contributed by atoms with E-state index in [-0.39, 0.29) is 0 Å². The molecule has 0 saturated heterocycles. The number of fused-ring (bicyclic) bond motifs is 3. The van der Waals surface area contributed by atoms with Gasteiger partial charge in [-0.3, -0.25) is 4.79 Å². The molecule has 1 aromatic heterocycles. The van der Waals surface area contributed by atoms with Crippen LogP contribution in [-0.2, 0) is 13.0 Å². The summed E-state index contributed by atoms with van der Waals surface area (Å²) in [6.07, 6.45) is 0.944. The highest BCUT2D eigenvalue weighted by atomic mass is 127. The molecule has 0 spiro atoms. The first kappa shape index (κ1) is 17.1. The lowest BCUT2D eigenvalue weighted by Gasteiger charge is -2.09. The molecule has 1 amide bonds. The number of nitrogens with zero attached hydrogens (tertiary/aromatic N) is 1. The minimum absolute atomic E-state index is 0.406. The largest absolute Gasteiger partial charge is 0.366 e. The first-order valence-corrected chi connectivity index (χ1v) is 9.66. The van der Waals surface area contributed by atoms with Gasteiger partial charge in [-0.05, 0) is 76.5 Å². The van der Waals surface area contributed by atoms with Crippen LogP contribution in [0.1, 0.15) is 28.4 Å². The summed E-state index contributed by atoms with van der Waals surface area (Å²) in [5, 5.41) is 1.85. The number of nitrogens with two attached hydrogens (primary N) is 1. The second-order valence-corrected chi connectivity index (χ2v) is 7.65. The van der Waals surface area contributed by atoms with Gasteiger partial charge >= 0.3 is 0 Å². The number of hydrogen-bond donors (Lipinski definition) is 1. The van der Waals surface area contributed by atoms with E-state index in [9.17, 15) is 4.79 Å². The number of carbonyl (C=O) groups is 1. The van der Waals surface area contributed by atoms with E-state index in [1.807, 2.05) is 12.1 Å². The van der Waals surface area contributed by atoms with E-state index < -0.39 is 5.91 Å². The van der Waals surface area contributed by atoms with Crippen molar-refractivity contribution in [3.05, 3.63) is 80.9 Å². The topological polar surface area (TPSA) is 48.0 Å². The van der Waals surface area contributed by atoms with Crippen LogP contribution in [0.2, 0.25) is 0 Å². The molecular formula is C22H18IN2O. The van der Waals surface area contributed by atoms with E-state index in [4.69, 9.17) is 5.73 Å². The van der Waals surface area contributed by atoms with Gasteiger partial charge < -0.3 is 10.3 Å². The number of hydrogen-bond acceptors (Lipinski definition) is 1. The maximum absolute atomic E-state index is 12.0. The van der Waals surface area contributed by atoms with Gasteiger partial charge in [0, 0.05) is 26.5 Å². The highest BCUT2D eigenvalue weighted by Gasteiger charge is 2.17. The van der Waals surface area contributed by atoms with Crippen molar-refractivity contribution < 1.29 is 4.79 Å². The zero-order valence-electron chi connectivity index (χ0n) is 14.4. The van der Waals surface area contributed by atoms with Gasteiger partial charge in [0.25, 0.3) is 0 Å². The van der Waals surface area contributed by atoms with Gasteiger partial charge in [0.1, 0.15) is 0 Å². The average molecular weight is 453 g/mol. The van der Waals surface area contributed by atoms with Crippen LogP contribution in [-0.4, -0.2) is 10.5 Å². The van der Waals surface area contributed by atoms with Crippen molar-refractivity contribution in [3.8, 4) is 0 Å². The minimum atomic E-state index is -0.406. The summed E-state index contributed by atoms with van der Waals surface area (Å²) in [5.41, 5.74) is 10.8. The molecule has 1 heterocycles. The fraction of sp³-hybridized carbons (Fsp3) is 0.136. The highest BCUT2D eigenvalue weighted by Crippen LogP contribution is 2.32. The normalized spacial score (nSPS) is 11.3. The zero-order valence-corrected chi connectivity index (χ0v) is 16.6. The monoisotopic (exact) mass is 453 g/mol. The second kappa shape index (κ2) is 6.76. The van der Waals surface area contributed by atoms with Crippen molar-refractivity contribution in [3.63, 3.8) is 0 Å². The predicted molar refractivity (Wildman–Crippen MR) is 114 cm³/mol. The fourth-order valence-corrected chi connectivity index (χ4v) is 4.10. The Bertz CT molecular complexity index is 1140. The van der Waals surface area contributed by atoms with Gasteiger partial charge in [0.05, 0.1) is 11.0 Å². The lowest BCUT2D eigenvalue weighted by atomic mass is 10.0. The van der Waals surface area contributed by atoms with Crippen LogP contribution in [0.15, 0.2) is 54.6 Å². The van der Waals surface area contributed by atoms with Crippen LogP contribution in [0.3, 0.4) is 0 Å². The van der Waals surface area contributed by atoms with Crippen LogP contribution in [0.25, 0.3) is 21.8 Å². The Morgan fingerprint density at radius 2 is 1.92 bits per heavy atom. The second-order valence-electron chi connectivity index (χ2n) is 6.40. The maximum atomic E-state index is 12.0. The molecule has 0 atom stereocenters. The number of benzene rings is 3. The van der Waals surface area contributed by atoms with Crippen molar-refractivity contribution in [1.29, 1.82) is 0 Å². The lowest BCUT2D eigenvalue weighted by molar-refractivity contribution is 0.100. The Balaban J connectivity index is 2.05. The molecule has 3 nitrogen and oxygen atoms in total. The van der Waals surface area contributed by atoms with Gasteiger partial charge in [0.2, 0.25) is 5.91 Å². The lowest BCUT2D eigenvalue weighted by Crippen LogP contribution is -2.11. The summed E-state index contributed by atoms with van der Waals surface area (Å²) >= 11 is 2.33. The molecule has 2 N–H and O–H groups in total. The van der Waals surface area contributed by atoms with E-state index in [2.05, 4.69) is 76.5 Å². The van der Waals surface area contributed by atoms with Crippen LogP contribution in [0, 0.1) is 9.64 Å². The highest BCUT2D eigenvalue weighted by molar-refractivity contribution is 14.1. The van der Waals surface area contributed by atoms with E-state index >= 15 is 0 Å². The summed E-state index contributed by atoms with van der Waals surface area (Å²) < 4.78 is 3.47. The summed E-state index contributed by atoms with van der Waals surface area (Å²) in [4.78, 5) is 12.0. The van der Waals surface area contributed by atoms with Crippen molar-refractivity contribution in [2.45, 2.75) is 19.9 Å². The first-order chi connectivity index (χ1) is 12.6. The molecule has 0 aliphatic carbocycles. The van der Waals surface area contributed by atoms with Crippen LogP contribution < -0.4 is 5.73 Å². The third kappa shape index (κ3) is 2.88. The molecule has 0 fully saturated rings. The van der Waals surface area contributed by atoms with E-state index in [1.54, 1.807) is 6.07 Å². The number of carbonyl (C=O) groups excluding carboxylic acids is 1. The van der Waals surface area contributed by atoms with Crippen molar-refractivity contribution in [1.82, 2.24) is 4.57 Å². The van der Waals surface area contributed by atoms with Gasteiger partial charge in [-0.25, -0.2) is 0 Å². The molecule has 0 unspecified atom stereocenters. The summed E-state index contributed by atoms with van der Waals surface area (Å²) in [7, 11) is 0. The molecule has 3 aromatic carbocycles. The summed E-state index contributed by atoms with van der Waals surface area (Å²) in [6, 6.07) is 21.8. The van der Waals surface area contributed by atoms with Gasteiger partial charge in [-0.2, -0.15) is 0 Å². The Hall–Kier alpha value is -2.34. The van der Waals surface area contributed by atoms with Gasteiger partial charge in [-0.15, -0.1) is 0 Å². The van der Waals surface area contributed by atoms with Crippen molar-refractivity contribution in [2.24, 2.45) is 5.73 Å². The number of rotatable bonds is 4. The first-order valence-electron chi connectivity index (χ1n) is 8.58. The molecule has 0 aliphatic heterocycles. The van der Waals surface area contributed by atoms with Crippen molar-refractivity contribution >= 4 is 50.3 Å². The number of primary amides is 1. The van der Waals surface area contributed by atoms with Crippen LogP contribution >= 0.6 is 22.6 Å². The molecule has 0 bridgehead atoms. The van der Waals surface area contributed by atoms with Crippen molar-refractivity contribution in [2.75, 3.05) is 0 Å². The predicted octanol–water partition coefficient (Wildman–Crippen LogP) is 4.91. The van der Waals surface area contributed by atoms with Crippen LogP contribution in [0.4, 0.5) is 0 Å². The molecule has 4 rings (SSSR count). The quantitative estimate of drug-likeness (QED) is 0.439. The third-order valence-electron chi connectivity index (χ3n) is 4.76. The standard InChI is InChI=1S/C22H18IN2O/c1-2-14-9-10-17-20(12-14)25(13-15-5-3-6-16(23)11-15)19-8-4-7-18(21(17)19)22(24)26/h3-9,11-12H,2,13H2,1H3,(H2,24,26). The molecule has 129 valence electrons. The van der Waals surface area contributed by atoms with E-state index in [0.29, 0.717) is 5.56 Å². The molecule has 4 heteroatoms. The average Bonchev–Trinajstić information content (AvgIpc) is 2.95. The summed E-state index contributed by atoms with van der Waals surface area (Å²) in [6.45, 7) is 2.87. The van der Waals surface area contributed by atoms with E-state index in [1.165, 1.54) is 14.7 Å². The molecule has 1 radical (unpaired) electrons. The molecular weight excluding hydrogens is 435 g/mol. The Morgan fingerprint density at radius 1 is 1.12 bits per heavy atom. The Kier molecular flexibility index (Phi) is 4.44. The van der Waals surface area contributed by atoms with Gasteiger partial charge in [-0.1, -0.05) is 31.2 Å².